The molecule has 58 valence electrons. The minimum Gasteiger partial charge on any atom is -0.469 e. The predicted molar refractivity (Wildman–Crippen MR) is 37.2 cm³/mol. The SMILES string of the molecule is C.CCO.COC(C)=O. The third-order valence-corrected chi connectivity index (χ3v) is 0.287. The van der Waals surface area contributed by atoms with Crippen LogP contribution in [0, 0.1) is 0 Å². The fraction of sp³-hybridized carbons (Fsp3) is 0.833. The summed E-state index contributed by atoms with van der Waals surface area (Å²) >= 11 is 0. The molecule has 0 aliphatic heterocycles. The van der Waals surface area contributed by atoms with Crippen LogP contribution in [0.4, 0.5) is 0 Å². The standard InChI is InChI=1S/C3H6O2.C2H6O.CH4/c1-3(4)5-2;1-2-3;/h1-2H3;3H,2H2,1H3;1H4. The molecule has 0 spiro atoms. The van der Waals surface area contributed by atoms with Crippen molar-refractivity contribution in [3.8, 4) is 0 Å². The van der Waals surface area contributed by atoms with E-state index >= 15 is 0 Å². The Hall–Kier alpha value is -0.570. The second-order valence-electron chi connectivity index (χ2n) is 1.01. The van der Waals surface area contributed by atoms with Gasteiger partial charge in [-0.1, -0.05) is 7.43 Å². The van der Waals surface area contributed by atoms with Crippen LogP contribution < -0.4 is 0 Å². The predicted octanol–water partition coefficient (Wildman–Crippen LogP) is 0.814. The average molecular weight is 136 g/mol. The van der Waals surface area contributed by atoms with Crippen molar-refractivity contribution in [3.05, 3.63) is 0 Å². The van der Waals surface area contributed by atoms with Gasteiger partial charge in [-0.05, 0) is 6.92 Å². The van der Waals surface area contributed by atoms with Gasteiger partial charge in [-0.15, -0.1) is 0 Å². The van der Waals surface area contributed by atoms with E-state index in [1.165, 1.54) is 14.0 Å². The molecule has 0 aromatic heterocycles. The molecule has 0 aromatic rings. The van der Waals surface area contributed by atoms with Gasteiger partial charge >= 0.3 is 5.97 Å². The van der Waals surface area contributed by atoms with E-state index in [-0.39, 0.29) is 20.0 Å². The summed E-state index contributed by atoms with van der Waals surface area (Å²) in [4.78, 5) is 9.59. The van der Waals surface area contributed by atoms with Gasteiger partial charge in [-0.2, -0.15) is 0 Å². The van der Waals surface area contributed by atoms with Crippen LogP contribution in [-0.4, -0.2) is 24.8 Å². The van der Waals surface area contributed by atoms with E-state index in [1.54, 1.807) is 6.92 Å². The molecule has 0 saturated heterocycles. The first kappa shape index (κ1) is 15.8. The van der Waals surface area contributed by atoms with Crippen molar-refractivity contribution >= 4 is 5.97 Å². The molecule has 0 aliphatic rings. The molecule has 0 amide bonds. The van der Waals surface area contributed by atoms with Crippen LogP contribution in [0.15, 0.2) is 0 Å². The van der Waals surface area contributed by atoms with E-state index in [4.69, 9.17) is 5.11 Å². The Kier molecular flexibility index (Phi) is 27.5. The maximum absolute atomic E-state index is 9.59. The van der Waals surface area contributed by atoms with E-state index in [2.05, 4.69) is 4.74 Å². The quantitative estimate of drug-likeness (QED) is 0.501. The largest absolute Gasteiger partial charge is 0.469 e. The molecule has 0 fully saturated rings. The number of carbonyl (C=O) groups excluding carboxylic acids is 1. The highest BCUT2D eigenvalue weighted by Crippen LogP contribution is 1.60. The van der Waals surface area contributed by atoms with Crippen LogP contribution in [0.2, 0.25) is 0 Å². The van der Waals surface area contributed by atoms with Crippen molar-refractivity contribution in [2.24, 2.45) is 0 Å². The molecule has 3 nitrogen and oxygen atoms in total. The van der Waals surface area contributed by atoms with E-state index in [0.29, 0.717) is 0 Å². The van der Waals surface area contributed by atoms with Crippen LogP contribution in [0.5, 0.6) is 0 Å². The van der Waals surface area contributed by atoms with Crippen LogP contribution in [0.25, 0.3) is 0 Å². The van der Waals surface area contributed by atoms with Gasteiger partial charge in [0.1, 0.15) is 0 Å². The summed E-state index contributed by atoms with van der Waals surface area (Å²) in [7, 11) is 1.35. The lowest BCUT2D eigenvalue weighted by Crippen LogP contribution is -1.88. The Bertz CT molecular complexity index is 52.3. The summed E-state index contributed by atoms with van der Waals surface area (Å²) in [5, 5.41) is 7.57. The van der Waals surface area contributed by atoms with Gasteiger partial charge in [0.05, 0.1) is 7.11 Å². The molecule has 0 bridgehead atoms. The minimum atomic E-state index is -0.245. The summed E-state index contributed by atoms with van der Waals surface area (Å²) in [5.74, 6) is -0.245. The van der Waals surface area contributed by atoms with Crippen molar-refractivity contribution in [2.45, 2.75) is 21.3 Å². The second kappa shape index (κ2) is 15.7. The van der Waals surface area contributed by atoms with Crippen molar-refractivity contribution < 1.29 is 14.6 Å². The number of esters is 1. The Balaban J connectivity index is -0.0000000800. The van der Waals surface area contributed by atoms with E-state index in [9.17, 15) is 4.79 Å². The van der Waals surface area contributed by atoms with Crippen molar-refractivity contribution in [1.82, 2.24) is 0 Å². The number of aliphatic hydroxyl groups is 1. The molecule has 9 heavy (non-hydrogen) atoms. The normalized spacial score (nSPS) is 5.78. The Morgan fingerprint density at radius 3 is 1.78 bits per heavy atom. The second-order valence-corrected chi connectivity index (χ2v) is 1.01. The lowest BCUT2D eigenvalue weighted by Gasteiger charge is -1.80. The summed E-state index contributed by atoms with van der Waals surface area (Å²) in [5.41, 5.74) is 0. The van der Waals surface area contributed by atoms with Crippen molar-refractivity contribution in [3.63, 3.8) is 0 Å². The number of rotatable bonds is 0. The lowest BCUT2D eigenvalue weighted by atomic mass is 10.8. The number of carbonyl (C=O) groups is 1. The van der Waals surface area contributed by atoms with Gasteiger partial charge in [-0.25, -0.2) is 0 Å². The minimum absolute atomic E-state index is 0. The first-order valence-electron chi connectivity index (χ1n) is 2.34. The fourth-order valence-corrected chi connectivity index (χ4v) is 0. The number of aliphatic hydroxyl groups excluding tert-OH is 1. The molecule has 0 saturated carbocycles. The summed E-state index contributed by atoms with van der Waals surface area (Å²) in [6, 6.07) is 0. The zero-order valence-corrected chi connectivity index (χ0v) is 5.47. The molecule has 0 aliphatic carbocycles. The lowest BCUT2D eigenvalue weighted by molar-refractivity contribution is -0.137. The number of ether oxygens (including phenoxy) is 1. The third kappa shape index (κ3) is 107. The van der Waals surface area contributed by atoms with E-state index in [0.717, 1.165) is 0 Å². The van der Waals surface area contributed by atoms with Gasteiger partial charge in [0, 0.05) is 13.5 Å². The van der Waals surface area contributed by atoms with Crippen LogP contribution >= 0.6 is 0 Å². The molecule has 0 atom stereocenters. The van der Waals surface area contributed by atoms with Crippen molar-refractivity contribution in [1.29, 1.82) is 0 Å². The monoisotopic (exact) mass is 136 g/mol. The van der Waals surface area contributed by atoms with Gasteiger partial charge in [0.2, 0.25) is 0 Å². The molecular formula is C6H16O3. The number of hydrogen-bond donors (Lipinski definition) is 1. The zero-order valence-electron chi connectivity index (χ0n) is 5.47. The summed E-state index contributed by atoms with van der Waals surface area (Å²) in [6.07, 6.45) is 0. The van der Waals surface area contributed by atoms with E-state index in [1.807, 2.05) is 0 Å². The third-order valence-electron chi connectivity index (χ3n) is 0.287. The first-order valence-corrected chi connectivity index (χ1v) is 2.34. The maximum Gasteiger partial charge on any atom is 0.302 e. The Morgan fingerprint density at radius 2 is 1.78 bits per heavy atom. The first-order chi connectivity index (χ1) is 3.68. The highest BCUT2D eigenvalue weighted by molar-refractivity contribution is 5.65. The van der Waals surface area contributed by atoms with Gasteiger partial charge in [-0.3, -0.25) is 4.79 Å². The van der Waals surface area contributed by atoms with Crippen LogP contribution in [0.1, 0.15) is 21.3 Å². The molecule has 0 unspecified atom stereocenters. The maximum atomic E-state index is 9.59. The van der Waals surface area contributed by atoms with Crippen molar-refractivity contribution in [2.75, 3.05) is 13.7 Å². The number of hydrogen-bond acceptors (Lipinski definition) is 3. The summed E-state index contributed by atoms with van der Waals surface area (Å²) in [6.45, 7) is 3.29. The molecule has 3 heteroatoms. The highest BCUT2D eigenvalue weighted by atomic mass is 16.5. The molecule has 0 rings (SSSR count). The Labute approximate surface area is 56.6 Å². The van der Waals surface area contributed by atoms with Gasteiger partial charge < -0.3 is 9.84 Å². The fourth-order valence-electron chi connectivity index (χ4n) is 0. The van der Waals surface area contributed by atoms with Crippen LogP contribution in [-0.2, 0) is 9.53 Å². The molecule has 1 N–H and O–H groups in total. The zero-order chi connectivity index (χ0) is 6.99. The summed E-state index contributed by atoms with van der Waals surface area (Å²) < 4.78 is 4.11. The Morgan fingerprint density at radius 1 is 1.67 bits per heavy atom. The van der Waals surface area contributed by atoms with Crippen LogP contribution in [0.3, 0.4) is 0 Å². The molecular weight excluding hydrogens is 120 g/mol. The molecule has 0 radical (unpaired) electrons. The molecule has 0 heterocycles. The molecule has 0 aromatic carbocycles. The van der Waals surface area contributed by atoms with Gasteiger partial charge in [0.25, 0.3) is 0 Å². The van der Waals surface area contributed by atoms with E-state index < -0.39 is 0 Å². The van der Waals surface area contributed by atoms with Gasteiger partial charge in [0.15, 0.2) is 0 Å². The smallest absolute Gasteiger partial charge is 0.302 e. The number of methoxy groups -OCH3 is 1. The topological polar surface area (TPSA) is 46.5 Å². The highest BCUT2D eigenvalue weighted by Gasteiger charge is 1.75. The average Bonchev–Trinajstić information content (AvgIpc) is 1.69.